The Kier molecular flexibility index (Phi) is 6.44. The molecule has 0 spiro atoms. The zero-order chi connectivity index (χ0) is 18.6. The smallest absolute Gasteiger partial charge is 0.308 e. The number of carbonyl (C=O) groups is 2. The Labute approximate surface area is 156 Å². The molecule has 0 fully saturated rings. The number of hydrogen-bond acceptors (Lipinski definition) is 5. The number of ether oxygens (including phenoxy) is 1. The third-order valence-corrected chi connectivity index (χ3v) is 3.85. The Hall–Kier alpha value is -2.06. The van der Waals surface area contributed by atoms with Crippen molar-refractivity contribution in [2.24, 2.45) is 0 Å². The number of nitrogens with one attached hydrogen (secondary N) is 1. The molecule has 2 N–H and O–H groups in total. The van der Waals surface area contributed by atoms with Gasteiger partial charge in [-0.25, -0.2) is 4.39 Å². The zero-order valence-corrected chi connectivity index (χ0v) is 15.4. The van der Waals surface area contributed by atoms with Crippen LogP contribution in [0, 0.1) is 5.82 Å². The first-order valence-electron chi connectivity index (χ1n) is 7.19. The summed E-state index contributed by atoms with van der Waals surface area (Å²) in [5, 5.41) is 13.5. The first-order valence-corrected chi connectivity index (χ1v) is 8.68. The van der Waals surface area contributed by atoms with Crippen LogP contribution in [0.25, 0.3) is 11.3 Å². The first kappa shape index (κ1) is 19.3. The highest BCUT2D eigenvalue weighted by molar-refractivity contribution is 9.09. The lowest BCUT2D eigenvalue weighted by Gasteiger charge is -2.04. The minimum Gasteiger partial charge on any atom is -0.502 e. The number of aromatic hydroxyl groups is 1. The van der Waals surface area contributed by atoms with Gasteiger partial charge in [-0.05, 0) is 24.6 Å². The molecule has 0 bridgehead atoms. The van der Waals surface area contributed by atoms with Crippen LogP contribution >= 0.6 is 27.5 Å². The summed E-state index contributed by atoms with van der Waals surface area (Å²) in [7, 11) is 0. The number of rotatable bonds is 6. The number of hydrogen-bond donors (Lipinski definition) is 2. The molecule has 9 heteroatoms. The van der Waals surface area contributed by atoms with Crippen LogP contribution in [-0.2, 0) is 9.59 Å². The van der Waals surface area contributed by atoms with E-state index in [2.05, 4.69) is 21.2 Å². The van der Waals surface area contributed by atoms with Gasteiger partial charge in [0.25, 0.3) is 0 Å². The van der Waals surface area contributed by atoms with E-state index in [9.17, 15) is 19.1 Å². The SMILES string of the molecule is CC(=O)Oc1c(NC(=O)CCCBr)oc(-c2cc(Cl)ccc2F)c1O. The van der Waals surface area contributed by atoms with Crippen LogP contribution in [0.5, 0.6) is 11.5 Å². The van der Waals surface area contributed by atoms with Gasteiger partial charge in [0.2, 0.25) is 23.3 Å². The average Bonchev–Trinajstić information content (AvgIpc) is 2.84. The summed E-state index contributed by atoms with van der Waals surface area (Å²) in [5.74, 6) is -3.49. The number of carbonyl (C=O) groups excluding carboxylic acids is 2. The maximum Gasteiger partial charge on any atom is 0.308 e. The summed E-state index contributed by atoms with van der Waals surface area (Å²) >= 11 is 9.05. The lowest BCUT2D eigenvalue weighted by Crippen LogP contribution is -2.12. The quantitative estimate of drug-likeness (QED) is 0.517. The maximum atomic E-state index is 14.0. The summed E-state index contributed by atoms with van der Waals surface area (Å²) in [5.41, 5.74) is -0.139. The van der Waals surface area contributed by atoms with Gasteiger partial charge >= 0.3 is 5.97 Å². The molecule has 25 heavy (non-hydrogen) atoms. The summed E-state index contributed by atoms with van der Waals surface area (Å²) in [6.07, 6.45) is 0.740. The summed E-state index contributed by atoms with van der Waals surface area (Å²) in [6, 6.07) is 3.67. The topological polar surface area (TPSA) is 88.8 Å². The highest BCUT2D eigenvalue weighted by Gasteiger charge is 2.27. The van der Waals surface area contributed by atoms with Crippen molar-refractivity contribution in [1.82, 2.24) is 0 Å². The van der Waals surface area contributed by atoms with E-state index >= 15 is 0 Å². The van der Waals surface area contributed by atoms with Gasteiger partial charge in [0, 0.05) is 23.7 Å². The second-order valence-electron chi connectivity index (χ2n) is 5.00. The van der Waals surface area contributed by atoms with E-state index in [1.807, 2.05) is 0 Å². The van der Waals surface area contributed by atoms with Gasteiger partial charge in [-0.3, -0.25) is 14.9 Å². The lowest BCUT2D eigenvalue weighted by atomic mass is 10.1. The van der Waals surface area contributed by atoms with E-state index in [-0.39, 0.29) is 28.7 Å². The van der Waals surface area contributed by atoms with Crippen molar-refractivity contribution in [2.75, 3.05) is 10.6 Å². The van der Waals surface area contributed by atoms with Crippen molar-refractivity contribution in [2.45, 2.75) is 19.8 Å². The number of alkyl halides is 1. The van der Waals surface area contributed by atoms with Crippen molar-refractivity contribution in [1.29, 1.82) is 0 Å². The van der Waals surface area contributed by atoms with Crippen molar-refractivity contribution < 1.29 is 28.2 Å². The Morgan fingerprint density at radius 2 is 2.16 bits per heavy atom. The Bertz CT molecular complexity index is 808. The lowest BCUT2D eigenvalue weighted by molar-refractivity contribution is -0.132. The minimum absolute atomic E-state index is 0.139. The van der Waals surface area contributed by atoms with Gasteiger partial charge in [-0.1, -0.05) is 27.5 Å². The number of esters is 1. The molecule has 1 heterocycles. The molecule has 0 aliphatic rings. The molecule has 1 aromatic carbocycles. The van der Waals surface area contributed by atoms with Gasteiger partial charge < -0.3 is 14.3 Å². The second-order valence-corrected chi connectivity index (χ2v) is 6.23. The Balaban J connectivity index is 2.46. The van der Waals surface area contributed by atoms with Crippen LogP contribution in [0.3, 0.4) is 0 Å². The van der Waals surface area contributed by atoms with Crippen molar-refractivity contribution in [3.05, 3.63) is 29.0 Å². The third kappa shape index (κ3) is 4.73. The Morgan fingerprint density at radius 3 is 2.80 bits per heavy atom. The van der Waals surface area contributed by atoms with E-state index in [1.54, 1.807) is 0 Å². The van der Waals surface area contributed by atoms with Gasteiger partial charge in [0.05, 0.1) is 5.56 Å². The predicted molar refractivity (Wildman–Crippen MR) is 93.7 cm³/mol. The molecule has 2 aromatic rings. The largest absolute Gasteiger partial charge is 0.502 e. The number of amides is 1. The molecule has 0 unspecified atom stereocenters. The van der Waals surface area contributed by atoms with Gasteiger partial charge in [0.1, 0.15) is 5.82 Å². The molecule has 0 aliphatic carbocycles. The monoisotopic (exact) mass is 433 g/mol. The molecule has 6 nitrogen and oxygen atoms in total. The fourth-order valence-corrected chi connectivity index (χ4v) is 2.45. The highest BCUT2D eigenvalue weighted by atomic mass is 79.9. The molecule has 0 saturated carbocycles. The van der Waals surface area contributed by atoms with Crippen LogP contribution in [-0.4, -0.2) is 22.3 Å². The summed E-state index contributed by atoms with van der Waals surface area (Å²) in [4.78, 5) is 23.1. The van der Waals surface area contributed by atoms with Crippen LogP contribution < -0.4 is 10.1 Å². The summed E-state index contributed by atoms with van der Waals surface area (Å²) in [6.45, 7) is 1.11. The second kappa shape index (κ2) is 8.35. The van der Waals surface area contributed by atoms with Gasteiger partial charge in [-0.15, -0.1) is 0 Å². The predicted octanol–water partition coefficient (Wildman–Crippen LogP) is 4.48. The van der Waals surface area contributed by atoms with E-state index in [0.29, 0.717) is 11.8 Å². The molecule has 0 aliphatic heterocycles. The maximum absolute atomic E-state index is 14.0. The zero-order valence-electron chi connectivity index (χ0n) is 13.1. The molecular formula is C16H14BrClFNO5. The number of furan rings is 1. The number of benzene rings is 1. The van der Waals surface area contributed by atoms with E-state index < -0.39 is 29.2 Å². The fourth-order valence-electron chi connectivity index (χ4n) is 2.00. The molecule has 134 valence electrons. The molecular weight excluding hydrogens is 421 g/mol. The van der Waals surface area contributed by atoms with Crippen LogP contribution in [0.2, 0.25) is 5.02 Å². The molecule has 0 saturated heterocycles. The van der Waals surface area contributed by atoms with Gasteiger partial charge in [0.15, 0.2) is 5.76 Å². The van der Waals surface area contributed by atoms with E-state index in [0.717, 1.165) is 13.0 Å². The van der Waals surface area contributed by atoms with Crippen LogP contribution in [0.1, 0.15) is 19.8 Å². The van der Waals surface area contributed by atoms with Crippen molar-refractivity contribution in [3.63, 3.8) is 0 Å². The minimum atomic E-state index is -0.745. The average molecular weight is 435 g/mol. The van der Waals surface area contributed by atoms with E-state index in [1.165, 1.54) is 12.1 Å². The van der Waals surface area contributed by atoms with Crippen LogP contribution in [0.15, 0.2) is 22.6 Å². The standard InChI is InChI=1S/C16H14BrClFNO5/c1-8(21)24-15-13(23)14(10-7-9(18)4-5-11(10)19)25-16(15)20-12(22)3-2-6-17/h4-5,7,23H,2-3,6H2,1H3,(H,20,22). The molecule has 2 rings (SSSR count). The molecule has 0 radical (unpaired) electrons. The van der Waals surface area contributed by atoms with Crippen LogP contribution in [0.4, 0.5) is 10.3 Å². The fraction of sp³-hybridized carbons (Fsp3) is 0.250. The van der Waals surface area contributed by atoms with Crippen molar-refractivity contribution in [3.8, 4) is 22.8 Å². The number of anilines is 1. The highest BCUT2D eigenvalue weighted by Crippen LogP contribution is 2.47. The van der Waals surface area contributed by atoms with Crippen molar-refractivity contribution >= 4 is 45.3 Å². The third-order valence-electron chi connectivity index (χ3n) is 3.05. The normalized spacial score (nSPS) is 10.6. The molecule has 0 atom stereocenters. The molecule has 1 aromatic heterocycles. The molecule has 1 amide bonds. The Morgan fingerprint density at radius 1 is 1.44 bits per heavy atom. The first-order chi connectivity index (χ1) is 11.8. The van der Waals surface area contributed by atoms with E-state index in [4.69, 9.17) is 20.8 Å². The summed E-state index contributed by atoms with van der Waals surface area (Å²) < 4.78 is 24.3. The van der Waals surface area contributed by atoms with Gasteiger partial charge in [-0.2, -0.15) is 0 Å². The number of halogens is 3.